The molecule has 0 amide bonds. The Morgan fingerprint density at radius 3 is 2.56 bits per heavy atom. The van der Waals surface area contributed by atoms with Gasteiger partial charge < -0.3 is 33.8 Å². The summed E-state index contributed by atoms with van der Waals surface area (Å²) in [5, 5.41) is 39.7. The number of β-amino-alcohol motifs (C(OH)–C–C–N with tert-alkyl or cyclic N) is 1. The molecule has 0 spiro atoms. The quantitative estimate of drug-likeness (QED) is 0.177. The molecule has 0 bridgehead atoms. The van der Waals surface area contributed by atoms with Crippen LogP contribution in [0, 0.1) is 11.3 Å². The van der Waals surface area contributed by atoms with Crippen LogP contribution >= 0.6 is 23.2 Å². The summed E-state index contributed by atoms with van der Waals surface area (Å²) in [6, 6.07) is 14.2. The molecule has 50 heavy (non-hydrogen) atoms. The number of rotatable bonds is 10. The third-order valence-corrected chi connectivity index (χ3v) is 10.00. The Hall–Kier alpha value is -4.48. The number of aliphatic hydroxyl groups excluding tert-OH is 3. The van der Waals surface area contributed by atoms with Gasteiger partial charge in [0.25, 0.3) is 5.56 Å². The summed E-state index contributed by atoms with van der Waals surface area (Å²) in [4.78, 5) is 24.4. The second-order valence-electron chi connectivity index (χ2n) is 12.4. The largest absolute Gasteiger partial charge is 0.481 e. The molecule has 0 unspecified atom stereocenters. The summed E-state index contributed by atoms with van der Waals surface area (Å²) in [7, 11) is 1.56. The smallest absolute Gasteiger partial charge is 0.280 e. The van der Waals surface area contributed by atoms with Gasteiger partial charge in [0.1, 0.15) is 22.8 Å². The van der Waals surface area contributed by atoms with Crippen molar-refractivity contribution in [3.05, 3.63) is 91.3 Å². The van der Waals surface area contributed by atoms with Crippen molar-refractivity contribution in [2.75, 3.05) is 33.4 Å². The van der Waals surface area contributed by atoms with Crippen molar-refractivity contribution in [2.45, 2.75) is 44.1 Å². The molecule has 3 aromatic heterocycles. The van der Waals surface area contributed by atoms with E-state index in [0.29, 0.717) is 47.4 Å². The number of benzene rings is 2. The molecular formula is C36H33Cl2N5O7. The molecule has 1 aliphatic heterocycles. The second-order valence-corrected chi connectivity index (χ2v) is 13.2. The van der Waals surface area contributed by atoms with Crippen LogP contribution in [-0.2, 0) is 13.0 Å². The number of ether oxygens (including phenoxy) is 2. The molecule has 3 N–H and O–H groups in total. The number of methoxy groups -OCH3 is 1. The molecular weight excluding hydrogens is 685 g/mol. The van der Waals surface area contributed by atoms with E-state index in [4.69, 9.17) is 37.1 Å². The van der Waals surface area contributed by atoms with Gasteiger partial charge in [-0.3, -0.25) is 9.69 Å². The van der Waals surface area contributed by atoms with Gasteiger partial charge in [-0.15, -0.1) is 0 Å². The lowest BCUT2D eigenvalue weighted by Crippen LogP contribution is -2.29. The van der Waals surface area contributed by atoms with E-state index in [1.54, 1.807) is 13.2 Å². The Kier molecular flexibility index (Phi) is 9.54. The van der Waals surface area contributed by atoms with Crippen LogP contribution in [0.25, 0.3) is 33.7 Å². The number of aromatic nitrogens is 3. The monoisotopic (exact) mass is 717 g/mol. The number of likely N-dealkylation sites (tertiary alicyclic amines) is 1. The third-order valence-electron chi connectivity index (χ3n) is 9.32. The van der Waals surface area contributed by atoms with Gasteiger partial charge >= 0.3 is 0 Å². The van der Waals surface area contributed by atoms with E-state index < -0.39 is 24.8 Å². The third kappa shape index (κ3) is 6.11. The molecule has 4 heterocycles. The molecule has 5 aromatic rings. The minimum absolute atomic E-state index is 0.00720. The van der Waals surface area contributed by atoms with Crippen LogP contribution in [-0.4, -0.2) is 74.3 Å². The molecule has 2 aliphatic rings. The van der Waals surface area contributed by atoms with Crippen LogP contribution in [0.3, 0.4) is 0 Å². The SMILES string of the molecule is COc1nc(O[C@H]2CCc3c(-c4cccc(-c5nc6c(=O)n(C(CO)CO)cc(C#N)c6o5)c4Cl)cccc32)c(Cl)cc1CN1CC[C@@H](O)C1. The molecule has 1 saturated heterocycles. The normalized spacial score (nSPS) is 17.4. The predicted molar refractivity (Wildman–Crippen MR) is 185 cm³/mol. The van der Waals surface area contributed by atoms with Gasteiger partial charge in [-0.25, -0.2) is 4.98 Å². The zero-order valence-electron chi connectivity index (χ0n) is 27.0. The standard InChI is InChI=1S/C36H33Cl2N5O7/c1-48-33-19(14-42-11-10-22(46)16-42)12-28(37)35(41-33)49-29-9-8-24-23(4-2-5-25(24)29)26-6-3-7-27(30(26)38)34-40-31-32(50-34)20(13-39)15-43(36(31)47)21(17-44)18-45/h2-7,12,15,21-22,29,44-46H,8-11,14,16-18H2,1H3/t22-,29+/m1/s1. The van der Waals surface area contributed by atoms with Crippen molar-refractivity contribution in [3.8, 4) is 40.4 Å². The zero-order valence-corrected chi connectivity index (χ0v) is 28.5. The van der Waals surface area contributed by atoms with Crippen molar-refractivity contribution < 1.29 is 29.2 Å². The molecule has 1 aliphatic carbocycles. The number of hydrogen-bond donors (Lipinski definition) is 3. The van der Waals surface area contributed by atoms with Crippen molar-refractivity contribution in [2.24, 2.45) is 0 Å². The summed E-state index contributed by atoms with van der Waals surface area (Å²) in [5.41, 5.74) is 4.16. The Balaban J connectivity index is 1.20. The lowest BCUT2D eigenvalue weighted by Gasteiger charge is -2.20. The molecule has 258 valence electrons. The van der Waals surface area contributed by atoms with Gasteiger partial charge in [0.15, 0.2) is 11.1 Å². The van der Waals surface area contributed by atoms with Crippen LogP contribution in [0.5, 0.6) is 11.8 Å². The predicted octanol–water partition coefficient (Wildman–Crippen LogP) is 5.06. The van der Waals surface area contributed by atoms with Crippen molar-refractivity contribution in [1.82, 2.24) is 19.4 Å². The maximum absolute atomic E-state index is 13.3. The number of nitrogens with zero attached hydrogens (tertiary/aromatic N) is 5. The van der Waals surface area contributed by atoms with Crippen LogP contribution in [0.2, 0.25) is 10.0 Å². The second kappa shape index (κ2) is 14.0. The fourth-order valence-corrected chi connectivity index (χ4v) is 7.35. The molecule has 2 aromatic carbocycles. The van der Waals surface area contributed by atoms with Crippen molar-refractivity contribution in [1.29, 1.82) is 5.26 Å². The average molecular weight is 719 g/mol. The van der Waals surface area contributed by atoms with E-state index in [-0.39, 0.29) is 40.6 Å². The summed E-state index contributed by atoms with van der Waals surface area (Å²) < 4.78 is 19.1. The minimum Gasteiger partial charge on any atom is -0.481 e. The molecule has 0 radical (unpaired) electrons. The lowest BCUT2D eigenvalue weighted by molar-refractivity contribution is 0.152. The summed E-state index contributed by atoms with van der Waals surface area (Å²) in [6.45, 7) is 0.908. The van der Waals surface area contributed by atoms with Gasteiger partial charge in [-0.05, 0) is 48.1 Å². The van der Waals surface area contributed by atoms with Crippen LogP contribution in [0.15, 0.2) is 57.9 Å². The number of halogens is 2. The lowest BCUT2D eigenvalue weighted by atomic mass is 9.95. The number of nitriles is 1. The maximum Gasteiger partial charge on any atom is 0.280 e. The van der Waals surface area contributed by atoms with E-state index in [9.17, 15) is 25.4 Å². The maximum atomic E-state index is 13.3. The Labute approximate surface area is 296 Å². The summed E-state index contributed by atoms with van der Waals surface area (Å²) in [6.07, 6.45) is 2.68. The number of aliphatic hydroxyl groups is 3. The number of pyridine rings is 2. The van der Waals surface area contributed by atoms with Gasteiger partial charge in [0.2, 0.25) is 17.7 Å². The minimum atomic E-state index is -0.942. The first-order valence-corrected chi connectivity index (χ1v) is 16.9. The fraction of sp³-hybridized carbons (Fsp3) is 0.333. The summed E-state index contributed by atoms with van der Waals surface area (Å²) in [5.74, 6) is 0.742. The molecule has 14 heteroatoms. The Bertz CT molecular complexity index is 2190. The van der Waals surface area contributed by atoms with Crippen molar-refractivity contribution >= 4 is 34.3 Å². The number of oxazole rings is 1. The fourth-order valence-electron chi connectivity index (χ4n) is 6.82. The highest BCUT2D eigenvalue weighted by molar-refractivity contribution is 6.36. The first-order valence-electron chi connectivity index (χ1n) is 16.1. The summed E-state index contributed by atoms with van der Waals surface area (Å²) >= 11 is 13.7. The van der Waals surface area contributed by atoms with E-state index in [0.717, 1.165) is 45.3 Å². The molecule has 0 saturated carbocycles. The highest BCUT2D eigenvalue weighted by Crippen LogP contribution is 2.45. The number of fused-ring (bicyclic) bond motifs is 2. The highest BCUT2D eigenvalue weighted by Gasteiger charge is 2.30. The highest BCUT2D eigenvalue weighted by atomic mass is 35.5. The molecule has 1 fully saturated rings. The van der Waals surface area contributed by atoms with Gasteiger partial charge in [-0.1, -0.05) is 53.5 Å². The molecule has 7 rings (SSSR count). The molecule has 12 nitrogen and oxygen atoms in total. The molecule has 2 atom stereocenters. The van der Waals surface area contributed by atoms with E-state index >= 15 is 0 Å². The number of hydrogen-bond acceptors (Lipinski definition) is 11. The van der Waals surface area contributed by atoms with Crippen LogP contribution in [0.4, 0.5) is 0 Å². The topological polar surface area (TPSA) is 167 Å². The zero-order chi connectivity index (χ0) is 35.1. The first-order chi connectivity index (χ1) is 24.2. The van der Waals surface area contributed by atoms with Gasteiger partial charge in [0, 0.05) is 37.0 Å². The van der Waals surface area contributed by atoms with Crippen molar-refractivity contribution in [3.63, 3.8) is 0 Å². The average Bonchev–Trinajstić information content (AvgIpc) is 3.86. The van der Waals surface area contributed by atoms with E-state index in [2.05, 4.69) is 14.9 Å². The van der Waals surface area contributed by atoms with Gasteiger partial charge in [-0.2, -0.15) is 10.2 Å². The van der Waals surface area contributed by atoms with Crippen LogP contribution < -0.4 is 15.0 Å². The van der Waals surface area contributed by atoms with E-state index in [1.807, 2.05) is 42.5 Å². The first kappa shape index (κ1) is 34.0. The van der Waals surface area contributed by atoms with Gasteiger partial charge in [0.05, 0.1) is 43.1 Å². The Morgan fingerprint density at radius 2 is 1.84 bits per heavy atom. The Morgan fingerprint density at radius 1 is 1.08 bits per heavy atom. The van der Waals surface area contributed by atoms with E-state index in [1.165, 1.54) is 6.20 Å². The van der Waals surface area contributed by atoms with Crippen LogP contribution in [0.1, 0.15) is 47.2 Å².